The lowest BCUT2D eigenvalue weighted by molar-refractivity contribution is -0.0444. The predicted molar refractivity (Wildman–Crippen MR) is 65.9 cm³/mol. The number of amides is 1. The van der Waals surface area contributed by atoms with Crippen LogP contribution in [0.5, 0.6) is 0 Å². The van der Waals surface area contributed by atoms with Crippen LogP contribution in [0, 0.1) is 0 Å². The number of rotatable bonds is 1. The fourth-order valence-electron chi connectivity index (χ4n) is 1.87. The smallest absolute Gasteiger partial charge is 0.410 e. The maximum atomic E-state index is 12.0. The summed E-state index contributed by atoms with van der Waals surface area (Å²) in [7, 11) is 0. The van der Waals surface area contributed by atoms with Gasteiger partial charge >= 0.3 is 6.09 Å². The summed E-state index contributed by atoms with van der Waals surface area (Å²) in [6.45, 7) is 10.8. The maximum Gasteiger partial charge on any atom is 0.410 e. The summed E-state index contributed by atoms with van der Waals surface area (Å²) in [5, 5.41) is 13.3. The van der Waals surface area contributed by atoms with E-state index in [1.165, 1.54) is 0 Å². The quantitative estimate of drug-likeness (QED) is 0.721. The van der Waals surface area contributed by atoms with Crippen molar-refractivity contribution in [1.82, 2.24) is 10.2 Å². The number of aliphatic hydroxyl groups is 1. The van der Waals surface area contributed by atoms with Gasteiger partial charge < -0.3 is 15.2 Å². The van der Waals surface area contributed by atoms with Crippen LogP contribution >= 0.6 is 0 Å². The van der Waals surface area contributed by atoms with Crippen molar-refractivity contribution in [2.75, 3.05) is 19.6 Å². The second-order valence-electron chi connectivity index (χ2n) is 6.05. The number of ether oxygens (including phenoxy) is 1. The molecule has 1 fully saturated rings. The molecule has 5 nitrogen and oxygen atoms in total. The van der Waals surface area contributed by atoms with Gasteiger partial charge in [-0.3, -0.25) is 4.90 Å². The Morgan fingerprint density at radius 2 is 1.94 bits per heavy atom. The zero-order valence-electron chi connectivity index (χ0n) is 11.4. The molecule has 17 heavy (non-hydrogen) atoms. The molecule has 1 unspecified atom stereocenters. The van der Waals surface area contributed by atoms with Crippen molar-refractivity contribution in [2.45, 2.75) is 51.9 Å². The van der Waals surface area contributed by atoms with Crippen LogP contribution in [0.3, 0.4) is 0 Å². The number of hydrogen-bond donors (Lipinski definition) is 2. The molecule has 0 saturated carbocycles. The Morgan fingerprint density at radius 3 is 2.41 bits per heavy atom. The summed E-state index contributed by atoms with van der Waals surface area (Å²) >= 11 is 0. The van der Waals surface area contributed by atoms with E-state index in [0.29, 0.717) is 13.1 Å². The highest BCUT2D eigenvalue weighted by Crippen LogP contribution is 2.20. The van der Waals surface area contributed by atoms with Crippen LogP contribution in [0.25, 0.3) is 0 Å². The molecule has 5 heteroatoms. The molecule has 0 aliphatic carbocycles. The standard InChI is InChI=1S/C12H24N2O3/c1-11(2,3)17-10(15)14-7-6-13-8-9(14)12(4,5)16/h9,13,16H,6-8H2,1-5H3. The van der Waals surface area contributed by atoms with E-state index in [9.17, 15) is 9.90 Å². The van der Waals surface area contributed by atoms with Gasteiger partial charge in [0.15, 0.2) is 0 Å². The molecule has 0 spiro atoms. The van der Waals surface area contributed by atoms with Gasteiger partial charge in [0.2, 0.25) is 0 Å². The first-order chi connectivity index (χ1) is 7.61. The van der Waals surface area contributed by atoms with Crippen molar-refractivity contribution in [3.63, 3.8) is 0 Å². The van der Waals surface area contributed by atoms with Crippen LogP contribution in [0.4, 0.5) is 4.79 Å². The van der Waals surface area contributed by atoms with E-state index in [-0.39, 0.29) is 12.1 Å². The van der Waals surface area contributed by atoms with E-state index >= 15 is 0 Å². The molecule has 0 aromatic heterocycles. The normalized spacial score (nSPS) is 22.5. The molecule has 1 saturated heterocycles. The maximum absolute atomic E-state index is 12.0. The van der Waals surface area contributed by atoms with Crippen molar-refractivity contribution >= 4 is 6.09 Å². The van der Waals surface area contributed by atoms with Gasteiger partial charge in [0.05, 0.1) is 11.6 Å². The van der Waals surface area contributed by atoms with Crippen LogP contribution in [-0.2, 0) is 4.74 Å². The number of carbonyl (C=O) groups is 1. The first kappa shape index (κ1) is 14.3. The van der Waals surface area contributed by atoms with Gasteiger partial charge in [-0.25, -0.2) is 4.79 Å². The van der Waals surface area contributed by atoms with Gasteiger partial charge in [-0.05, 0) is 34.6 Å². The summed E-state index contributed by atoms with van der Waals surface area (Å²) in [5.74, 6) is 0. The van der Waals surface area contributed by atoms with Gasteiger partial charge in [-0.15, -0.1) is 0 Å². The van der Waals surface area contributed by atoms with Gasteiger partial charge in [0.25, 0.3) is 0 Å². The van der Waals surface area contributed by atoms with E-state index in [4.69, 9.17) is 4.74 Å². The molecular formula is C12H24N2O3. The molecule has 0 aromatic carbocycles. The topological polar surface area (TPSA) is 61.8 Å². The first-order valence-corrected chi connectivity index (χ1v) is 6.04. The zero-order chi connectivity index (χ0) is 13.3. The Morgan fingerprint density at radius 1 is 1.35 bits per heavy atom. The third-order valence-electron chi connectivity index (χ3n) is 2.69. The van der Waals surface area contributed by atoms with Crippen LogP contribution < -0.4 is 5.32 Å². The van der Waals surface area contributed by atoms with Gasteiger partial charge in [-0.1, -0.05) is 0 Å². The minimum atomic E-state index is -0.940. The minimum Gasteiger partial charge on any atom is -0.444 e. The van der Waals surface area contributed by atoms with Crippen molar-refractivity contribution < 1.29 is 14.6 Å². The number of nitrogens with one attached hydrogen (secondary N) is 1. The molecule has 0 bridgehead atoms. The first-order valence-electron chi connectivity index (χ1n) is 6.04. The zero-order valence-corrected chi connectivity index (χ0v) is 11.4. The number of nitrogens with zero attached hydrogens (tertiary/aromatic N) is 1. The van der Waals surface area contributed by atoms with E-state index in [1.807, 2.05) is 20.8 Å². The number of hydrogen-bond acceptors (Lipinski definition) is 4. The average molecular weight is 244 g/mol. The summed E-state index contributed by atoms with van der Waals surface area (Å²) < 4.78 is 5.35. The van der Waals surface area contributed by atoms with Crippen molar-refractivity contribution in [2.24, 2.45) is 0 Å². The van der Waals surface area contributed by atoms with Crippen LogP contribution in [0.1, 0.15) is 34.6 Å². The third-order valence-corrected chi connectivity index (χ3v) is 2.69. The van der Waals surface area contributed by atoms with Gasteiger partial charge in [0.1, 0.15) is 5.60 Å². The fourth-order valence-corrected chi connectivity index (χ4v) is 1.87. The Bertz CT molecular complexity index is 278. The highest BCUT2D eigenvalue weighted by atomic mass is 16.6. The van der Waals surface area contributed by atoms with Gasteiger partial charge in [0, 0.05) is 19.6 Å². The Balaban J connectivity index is 2.75. The highest BCUT2D eigenvalue weighted by molar-refractivity contribution is 5.69. The number of carbonyl (C=O) groups excluding carboxylic acids is 1. The molecule has 1 rings (SSSR count). The van der Waals surface area contributed by atoms with Crippen molar-refractivity contribution in [1.29, 1.82) is 0 Å². The van der Waals surface area contributed by atoms with Crippen molar-refractivity contribution in [3.05, 3.63) is 0 Å². The largest absolute Gasteiger partial charge is 0.444 e. The number of piperazine rings is 1. The fraction of sp³-hybridized carbons (Fsp3) is 0.917. The molecule has 1 heterocycles. The van der Waals surface area contributed by atoms with Crippen LogP contribution in [-0.4, -0.2) is 53.0 Å². The average Bonchev–Trinajstić information content (AvgIpc) is 2.13. The van der Waals surface area contributed by atoms with Crippen LogP contribution in [0.15, 0.2) is 0 Å². The minimum absolute atomic E-state index is 0.258. The van der Waals surface area contributed by atoms with E-state index in [2.05, 4.69) is 5.32 Å². The lowest BCUT2D eigenvalue weighted by Crippen LogP contribution is -2.62. The van der Waals surface area contributed by atoms with Gasteiger partial charge in [-0.2, -0.15) is 0 Å². The van der Waals surface area contributed by atoms with Crippen LogP contribution in [0.2, 0.25) is 0 Å². The predicted octanol–water partition coefficient (Wildman–Crippen LogP) is 0.966. The molecule has 1 aliphatic rings. The molecule has 2 N–H and O–H groups in total. The summed E-state index contributed by atoms with van der Waals surface area (Å²) in [6, 6.07) is -0.258. The second-order valence-corrected chi connectivity index (χ2v) is 6.05. The summed E-state index contributed by atoms with van der Waals surface area (Å²) in [6.07, 6.45) is -0.355. The molecule has 1 amide bonds. The van der Waals surface area contributed by atoms with E-state index in [0.717, 1.165) is 6.54 Å². The van der Waals surface area contributed by atoms with E-state index < -0.39 is 11.2 Å². The third kappa shape index (κ3) is 4.16. The lowest BCUT2D eigenvalue weighted by atomic mass is 9.96. The lowest BCUT2D eigenvalue weighted by Gasteiger charge is -2.42. The highest BCUT2D eigenvalue weighted by Gasteiger charge is 2.38. The SMILES string of the molecule is CC(C)(C)OC(=O)N1CCNCC1C(C)(C)O. The molecule has 0 radical (unpaired) electrons. The molecule has 0 aromatic rings. The molecular weight excluding hydrogens is 220 g/mol. The Labute approximate surface area is 103 Å². The second kappa shape index (κ2) is 4.82. The van der Waals surface area contributed by atoms with E-state index in [1.54, 1.807) is 18.7 Å². The molecule has 1 atom stereocenters. The Hall–Kier alpha value is -0.810. The molecule has 1 aliphatic heterocycles. The summed E-state index contributed by atoms with van der Waals surface area (Å²) in [5.41, 5.74) is -1.45. The van der Waals surface area contributed by atoms with Crippen molar-refractivity contribution in [3.8, 4) is 0 Å². The summed E-state index contributed by atoms with van der Waals surface area (Å²) in [4.78, 5) is 13.6. The monoisotopic (exact) mass is 244 g/mol. The Kier molecular flexibility index (Phi) is 4.04. The molecule has 100 valence electrons.